The molecular weight excluding hydrogens is 366 g/mol. The van der Waals surface area contributed by atoms with Crippen molar-refractivity contribution in [1.29, 1.82) is 0 Å². The summed E-state index contributed by atoms with van der Waals surface area (Å²) < 4.78 is 13.5. The lowest BCUT2D eigenvalue weighted by molar-refractivity contribution is 0.0806. The van der Waals surface area contributed by atoms with Crippen LogP contribution in [0.5, 0.6) is 0 Å². The molecule has 1 atom stereocenters. The number of aromatic nitrogens is 2. The maximum atomic E-state index is 10.8. The summed E-state index contributed by atoms with van der Waals surface area (Å²) in [5.74, 6) is 1.77. The fourth-order valence-electron chi connectivity index (χ4n) is 3.80. The van der Waals surface area contributed by atoms with Crippen molar-refractivity contribution in [1.82, 2.24) is 14.7 Å². The van der Waals surface area contributed by atoms with Gasteiger partial charge in [-0.2, -0.15) is 5.10 Å². The van der Waals surface area contributed by atoms with Crippen LogP contribution in [-0.4, -0.2) is 32.4 Å². The van der Waals surface area contributed by atoms with Crippen LogP contribution >= 0.6 is 0 Å². The predicted molar refractivity (Wildman–Crippen MR) is 111 cm³/mol. The molecule has 1 N–H and O–H groups in total. The molecule has 0 amide bonds. The van der Waals surface area contributed by atoms with E-state index in [-0.39, 0.29) is 0 Å². The molecule has 3 heterocycles. The molecule has 0 saturated heterocycles. The van der Waals surface area contributed by atoms with Gasteiger partial charge in [-0.05, 0) is 50.6 Å². The first-order valence-corrected chi connectivity index (χ1v) is 9.90. The van der Waals surface area contributed by atoms with Crippen LogP contribution in [0.3, 0.4) is 0 Å². The molecule has 0 aliphatic heterocycles. The fraction of sp³-hybridized carbons (Fsp3) is 0.348. The van der Waals surface area contributed by atoms with E-state index in [1.807, 2.05) is 54.9 Å². The molecule has 29 heavy (non-hydrogen) atoms. The number of furan rings is 2. The van der Waals surface area contributed by atoms with Gasteiger partial charge < -0.3 is 13.9 Å². The molecule has 1 aromatic carbocycles. The Labute approximate surface area is 170 Å². The highest BCUT2D eigenvalue weighted by Crippen LogP contribution is 2.26. The number of aliphatic hydroxyl groups excluding tert-OH is 1. The highest BCUT2D eigenvalue weighted by Gasteiger charge is 2.19. The van der Waals surface area contributed by atoms with Crippen LogP contribution in [0.4, 0.5) is 0 Å². The molecule has 3 aromatic heterocycles. The van der Waals surface area contributed by atoms with E-state index in [2.05, 4.69) is 23.0 Å². The Balaban J connectivity index is 1.52. The van der Waals surface area contributed by atoms with Crippen molar-refractivity contribution in [3.05, 3.63) is 77.2 Å². The maximum absolute atomic E-state index is 10.8. The molecule has 152 valence electrons. The Morgan fingerprint density at radius 3 is 2.62 bits per heavy atom. The summed E-state index contributed by atoms with van der Waals surface area (Å²) in [6.45, 7) is 8.17. The Bertz CT molecular complexity index is 1080. The zero-order chi connectivity index (χ0) is 20.4. The van der Waals surface area contributed by atoms with E-state index in [4.69, 9.17) is 8.83 Å². The average molecular weight is 393 g/mol. The van der Waals surface area contributed by atoms with Crippen molar-refractivity contribution >= 4 is 11.0 Å². The molecular formula is C23H27N3O3. The fourth-order valence-corrected chi connectivity index (χ4v) is 3.80. The lowest BCUT2D eigenvalue weighted by Crippen LogP contribution is -2.34. The molecule has 0 unspecified atom stereocenters. The summed E-state index contributed by atoms with van der Waals surface area (Å²) in [4.78, 5) is 2.15. The molecule has 0 spiro atoms. The summed E-state index contributed by atoms with van der Waals surface area (Å²) in [6, 6.07) is 13.9. The van der Waals surface area contributed by atoms with Gasteiger partial charge in [0.15, 0.2) is 0 Å². The molecule has 0 bridgehead atoms. The second-order valence-electron chi connectivity index (χ2n) is 7.66. The molecule has 6 nitrogen and oxygen atoms in total. The number of rotatable bonds is 8. The number of benzene rings is 1. The third-order valence-electron chi connectivity index (χ3n) is 5.23. The second-order valence-corrected chi connectivity index (χ2v) is 7.66. The largest absolute Gasteiger partial charge is 0.468 e. The SMILES string of the molecule is Cc1cc(C)n(C[C@@H](O)CN(Cc2ccco2)Cc2oc3ccccc3c2C)n1. The van der Waals surface area contributed by atoms with Crippen molar-refractivity contribution in [3.63, 3.8) is 0 Å². The van der Waals surface area contributed by atoms with Crippen LogP contribution in [0.15, 0.2) is 57.6 Å². The van der Waals surface area contributed by atoms with Crippen molar-refractivity contribution in [2.24, 2.45) is 0 Å². The van der Waals surface area contributed by atoms with Gasteiger partial charge in [0.05, 0.1) is 37.7 Å². The van der Waals surface area contributed by atoms with Gasteiger partial charge in [-0.15, -0.1) is 0 Å². The number of nitrogens with zero attached hydrogens (tertiary/aromatic N) is 3. The number of para-hydroxylation sites is 1. The van der Waals surface area contributed by atoms with E-state index >= 15 is 0 Å². The van der Waals surface area contributed by atoms with Crippen molar-refractivity contribution < 1.29 is 13.9 Å². The Hall–Kier alpha value is -2.83. The minimum atomic E-state index is -0.562. The summed E-state index contributed by atoms with van der Waals surface area (Å²) in [5, 5.41) is 16.3. The van der Waals surface area contributed by atoms with E-state index < -0.39 is 6.10 Å². The van der Waals surface area contributed by atoms with Gasteiger partial charge in [-0.25, -0.2) is 0 Å². The lowest BCUT2D eigenvalue weighted by atomic mass is 10.1. The highest BCUT2D eigenvalue weighted by atomic mass is 16.3. The molecule has 0 fully saturated rings. The zero-order valence-corrected chi connectivity index (χ0v) is 17.1. The van der Waals surface area contributed by atoms with Crippen LogP contribution in [0.25, 0.3) is 11.0 Å². The van der Waals surface area contributed by atoms with Crippen LogP contribution < -0.4 is 0 Å². The molecule has 0 aliphatic rings. The second kappa shape index (κ2) is 8.27. The highest BCUT2D eigenvalue weighted by molar-refractivity contribution is 5.81. The zero-order valence-electron chi connectivity index (χ0n) is 17.1. The van der Waals surface area contributed by atoms with Crippen LogP contribution in [-0.2, 0) is 19.6 Å². The number of fused-ring (bicyclic) bond motifs is 1. The van der Waals surface area contributed by atoms with Gasteiger partial charge in [-0.3, -0.25) is 9.58 Å². The van der Waals surface area contributed by atoms with Gasteiger partial charge in [0, 0.05) is 17.6 Å². The van der Waals surface area contributed by atoms with Gasteiger partial charge in [0.1, 0.15) is 17.1 Å². The topological polar surface area (TPSA) is 67.6 Å². The first kappa shape index (κ1) is 19.5. The van der Waals surface area contributed by atoms with Crippen molar-refractivity contribution in [3.8, 4) is 0 Å². The number of aliphatic hydroxyl groups is 1. The third-order valence-corrected chi connectivity index (χ3v) is 5.23. The number of hydrogen-bond acceptors (Lipinski definition) is 5. The van der Waals surface area contributed by atoms with Gasteiger partial charge in [0.25, 0.3) is 0 Å². The smallest absolute Gasteiger partial charge is 0.134 e. The Morgan fingerprint density at radius 1 is 1.10 bits per heavy atom. The number of aryl methyl sites for hydroxylation is 3. The predicted octanol–water partition coefficient (Wildman–Crippen LogP) is 4.21. The summed E-state index contributed by atoms with van der Waals surface area (Å²) in [5.41, 5.74) is 4.03. The van der Waals surface area contributed by atoms with Crippen LogP contribution in [0.1, 0.15) is 28.5 Å². The molecule has 4 rings (SSSR count). The van der Waals surface area contributed by atoms with Crippen LogP contribution in [0, 0.1) is 20.8 Å². The first-order valence-electron chi connectivity index (χ1n) is 9.90. The standard InChI is InChI=1S/C23H27N3O3/c1-16-11-17(2)26(24-16)13-19(27)12-25(14-20-7-6-10-28-20)15-23-18(3)21-8-4-5-9-22(21)29-23/h4-11,19,27H,12-15H2,1-3H3/t19-/m0/s1. The Kier molecular flexibility index (Phi) is 5.56. The minimum absolute atomic E-state index is 0.452. The molecule has 0 saturated carbocycles. The summed E-state index contributed by atoms with van der Waals surface area (Å²) in [6.07, 6.45) is 1.11. The molecule has 0 aliphatic carbocycles. The monoisotopic (exact) mass is 393 g/mol. The van der Waals surface area contributed by atoms with Crippen LogP contribution in [0.2, 0.25) is 0 Å². The normalized spacial score (nSPS) is 12.9. The first-order chi connectivity index (χ1) is 14.0. The van der Waals surface area contributed by atoms with E-state index in [0.717, 1.165) is 39.4 Å². The van der Waals surface area contributed by atoms with E-state index in [1.54, 1.807) is 6.26 Å². The van der Waals surface area contributed by atoms with Gasteiger partial charge in [0.2, 0.25) is 0 Å². The Morgan fingerprint density at radius 2 is 1.93 bits per heavy atom. The summed E-state index contributed by atoms with van der Waals surface area (Å²) in [7, 11) is 0. The quantitative estimate of drug-likeness (QED) is 0.486. The summed E-state index contributed by atoms with van der Waals surface area (Å²) >= 11 is 0. The van der Waals surface area contributed by atoms with Crippen molar-refractivity contribution in [2.45, 2.75) is 46.5 Å². The average Bonchev–Trinajstić information content (AvgIpc) is 3.37. The van der Waals surface area contributed by atoms with Gasteiger partial charge in [-0.1, -0.05) is 18.2 Å². The van der Waals surface area contributed by atoms with Crippen molar-refractivity contribution in [2.75, 3.05) is 6.54 Å². The molecule has 6 heteroatoms. The van der Waals surface area contributed by atoms with Gasteiger partial charge >= 0.3 is 0 Å². The lowest BCUT2D eigenvalue weighted by Gasteiger charge is -2.24. The molecule has 0 radical (unpaired) electrons. The minimum Gasteiger partial charge on any atom is -0.468 e. The number of hydrogen-bond donors (Lipinski definition) is 1. The van der Waals surface area contributed by atoms with E-state index in [1.165, 1.54) is 0 Å². The van der Waals surface area contributed by atoms with E-state index in [9.17, 15) is 5.11 Å². The third kappa shape index (κ3) is 4.44. The maximum Gasteiger partial charge on any atom is 0.134 e. The van der Waals surface area contributed by atoms with E-state index in [0.29, 0.717) is 26.2 Å². The molecule has 4 aromatic rings.